The molecule has 0 radical (unpaired) electrons. The first-order valence-electron chi connectivity index (χ1n) is 6.49. The molecular weight excluding hydrogens is 220 g/mol. The molecule has 2 fully saturated rings. The van der Waals surface area contributed by atoms with E-state index < -0.39 is 0 Å². The van der Waals surface area contributed by atoms with Crippen molar-refractivity contribution in [3.8, 4) is 0 Å². The number of carbonyl (C=O) groups is 1. The number of morpholine rings is 1. The molecule has 3 atom stereocenters. The molecule has 2 unspecified atom stereocenters. The topological polar surface area (TPSA) is 61.8 Å². The number of piperidine rings is 1. The normalized spacial score (nSPS) is 34.7. The smallest absolute Gasteiger partial charge is 0.239 e. The molecule has 2 rings (SSSR count). The van der Waals surface area contributed by atoms with Gasteiger partial charge in [0.05, 0.1) is 24.9 Å². The van der Waals surface area contributed by atoms with Crippen molar-refractivity contribution in [2.45, 2.75) is 44.4 Å². The Morgan fingerprint density at radius 3 is 2.94 bits per heavy atom. The standard InChI is InChI=1S/C12H22N2O3/c1-9-6-14(7-10(8-15)17-9)12(16)11-4-2-3-5-13-11/h9-11,13,15H,2-8H2,1H3/t9?,10?,11-/m1/s1. The molecule has 0 aromatic carbocycles. The molecule has 2 N–H and O–H groups in total. The first kappa shape index (κ1) is 12.8. The van der Waals surface area contributed by atoms with Crippen molar-refractivity contribution in [3.63, 3.8) is 0 Å². The first-order valence-corrected chi connectivity index (χ1v) is 6.49. The third kappa shape index (κ3) is 3.18. The molecule has 0 bridgehead atoms. The first-order chi connectivity index (χ1) is 8.20. The monoisotopic (exact) mass is 242 g/mol. The molecule has 98 valence electrons. The van der Waals surface area contributed by atoms with Gasteiger partial charge in [0.15, 0.2) is 0 Å². The van der Waals surface area contributed by atoms with Gasteiger partial charge in [0.2, 0.25) is 5.91 Å². The van der Waals surface area contributed by atoms with Crippen LogP contribution in [0.3, 0.4) is 0 Å². The highest BCUT2D eigenvalue weighted by Crippen LogP contribution is 2.15. The van der Waals surface area contributed by atoms with Gasteiger partial charge in [0.1, 0.15) is 0 Å². The molecule has 2 heterocycles. The summed E-state index contributed by atoms with van der Waals surface area (Å²) in [5.41, 5.74) is 0. The Morgan fingerprint density at radius 2 is 2.29 bits per heavy atom. The lowest BCUT2D eigenvalue weighted by Gasteiger charge is -2.38. The second kappa shape index (κ2) is 5.80. The van der Waals surface area contributed by atoms with Crippen LogP contribution in [-0.4, -0.2) is 60.4 Å². The molecular formula is C12H22N2O3. The maximum atomic E-state index is 12.3. The maximum absolute atomic E-state index is 12.3. The van der Waals surface area contributed by atoms with Gasteiger partial charge in [-0.15, -0.1) is 0 Å². The number of aliphatic hydroxyl groups excluding tert-OH is 1. The number of carbonyl (C=O) groups excluding carboxylic acids is 1. The van der Waals surface area contributed by atoms with Gasteiger partial charge < -0.3 is 20.1 Å². The Labute approximate surface area is 102 Å². The van der Waals surface area contributed by atoms with Crippen LogP contribution in [0.25, 0.3) is 0 Å². The van der Waals surface area contributed by atoms with Crippen LogP contribution in [0.2, 0.25) is 0 Å². The van der Waals surface area contributed by atoms with E-state index in [9.17, 15) is 4.79 Å². The number of hydrogen-bond donors (Lipinski definition) is 2. The van der Waals surface area contributed by atoms with Crippen LogP contribution in [0.15, 0.2) is 0 Å². The van der Waals surface area contributed by atoms with Crippen molar-refractivity contribution in [3.05, 3.63) is 0 Å². The summed E-state index contributed by atoms with van der Waals surface area (Å²) in [6.45, 7) is 3.99. The summed E-state index contributed by atoms with van der Waals surface area (Å²) in [7, 11) is 0. The summed E-state index contributed by atoms with van der Waals surface area (Å²) < 4.78 is 5.54. The summed E-state index contributed by atoms with van der Waals surface area (Å²) in [6, 6.07) is -0.0339. The van der Waals surface area contributed by atoms with E-state index in [4.69, 9.17) is 9.84 Å². The number of hydrogen-bond acceptors (Lipinski definition) is 4. The average Bonchev–Trinajstić information content (AvgIpc) is 2.38. The van der Waals surface area contributed by atoms with Crippen LogP contribution >= 0.6 is 0 Å². The number of rotatable bonds is 2. The lowest BCUT2D eigenvalue weighted by atomic mass is 10.0. The van der Waals surface area contributed by atoms with E-state index in [1.54, 1.807) is 0 Å². The molecule has 0 aromatic heterocycles. The molecule has 5 nitrogen and oxygen atoms in total. The third-order valence-electron chi connectivity index (χ3n) is 3.45. The van der Waals surface area contributed by atoms with E-state index in [0.29, 0.717) is 13.1 Å². The highest BCUT2D eigenvalue weighted by Gasteiger charge is 2.32. The second-order valence-electron chi connectivity index (χ2n) is 5.00. The zero-order chi connectivity index (χ0) is 12.3. The molecule has 2 saturated heterocycles. The van der Waals surface area contributed by atoms with Crippen molar-refractivity contribution >= 4 is 5.91 Å². The third-order valence-corrected chi connectivity index (χ3v) is 3.45. The lowest BCUT2D eigenvalue weighted by molar-refractivity contribution is -0.149. The van der Waals surface area contributed by atoms with Crippen LogP contribution in [0, 0.1) is 0 Å². The molecule has 0 spiro atoms. The minimum Gasteiger partial charge on any atom is -0.394 e. The Bertz CT molecular complexity index is 266. The number of nitrogens with zero attached hydrogens (tertiary/aromatic N) is 1. The molecule has 1 amide bonds. The number of ether oxygens (including phenoxy) is 1. The van der Waals surface area contributed by atoms with E-state index in [1.165, 1.54) is 0 Å². The Morgan fingerprint density at radius 1 is 1.47 bits per heavy atom. The van der Waals surface area contributed by atoms with Crippen molar-refractivity contribution in [2.24, 2.45) is 0 Å². The maximum Gasteiger partial charge on any atom is 0.239 e. The minimum atomic E-state index is -0.230. The zero-order valence-electron chi connectivity index (χ0n) is 10.4. The molecule has 5 heteroatoms. The largest absolute Gasteiger partial charge is 0.394 e. The van der Waals surface area contributed by atoms with Gasteiger partial charge in [-0.25, -0.2) is 0 Å². The van der Waals surface area contributed by atoms with E-state index in [2.05, 4.69) is 5.32 Å². The van der Waals surface area contributed by atoms with Gasteiger partial charge in [0.25, 0.3) is 0 Å². The van der Waals surface area contributed by atoms with Crippen LogP contribution < -0.4 is 5.32 Å². The van der Waals surface area contributed by atoms with E-state index in [-0.39, 0.29) is 30.8 Å². The highest BCUT2D eigenvalue weighted by molar-refractivity contribution is 5.82. The SMILES string of the molecule is CC1CN(C(=O)[C@H]2CCCCN2)CC(CO)O1. The van der Waals surface area contributed by atoms with Gasteiger partial charge in [-0.1, -0.05) is 6.42 Å². The Hall–Kier alpha value is -0.650. The van der Waals surface area contributed by atoms with Crippen LogP contribution in [0.4, 0.5) is 0 Å². The van der Waals surface area contributed by atoms with Crippen LogP contribution in [0.1, 0.15) is 26.2 Å². The van der Waals surface area contributed by atoms with Gasteiger partial charge in [-0.3, -0.25) is 4.79 Å². The summed E-state index contributed by atoms with van der Waals surface area (Å²) in [5, 5.41) is 12.4. The van der Waals surface area contributed by atoms with E-state index in [0.717, 1.165) is 25.8 Å². The van der Waals surface area contributed by atoms with Crippen molar-refractivity contribution in [2.75, 3.05) is 26.2 Å². The zero-order valence-corrected chi connectivity index (χ0v) is 10.4. The fourth-order valence-electron chi connectivity index (χ4n) is 2.61. The average molecular weight is 242 g/mol. The van der Waals surface area contributed by atoms with Crippen LogP contribution in [-0.2, 0) is 9.53 Å². The van der Waals surface area contributed by atoms with Crippen molar-refractivity contribution in [1.29, 1.82) is 0 Å². The van der Waals surface area contributed by atoms with Gasteiger partial charge in [-0.2, -0.15) is 0 Å². The highest BCUT2D eigenvalue weighted by atomic mass is 16.5. The number of aliphatic hydroxyl groups is 1. The molecule has 17 heavy (non-hydrogen) atoms. The van der Waals surface area contributed by atoms with Gasteiger partial charge >= 0.3 is 0 Å². The fourth-order valence-corrected chi connectivity index (χ4v) is 2.61. The molecule has 2 aliphatic heterocycles. The summed E-state index contributed by atoms with van der Waals surface area (Å²) >= 11 is 0. The summed E-state index contributed by atoms with van der Waals surface area (Å²) in [4.78, 5) is 14.1. The van der Waals surface area contributed by atoms with Crippen LogP contribution in [0.5, 0.6) is 0 Å². The lowest BCUT2D eigenvalue weighted by Crippen LogP contribution is -2.56. The Kier molecular flexibility index (Phi) is 4.36. The van der Waals surface area contributed by atoms with Gasteiger partial charge in [-0.05, 0) is 26.3 Å². The Balaban J connectivity index is 1.93. The van der Waals surface area contributed by atoms with E-state index >= 15 is 0 Å². The van der Waals surface area contributed by atoms with Crippen molar-refractivity contribution in [1.82, 2.24) is 10.2 Å². The van der Waals surface area contributed by atoms with E-state index in [1.807, 2.05) is 11.8 Å². The van der Waals surface area contributed by atoms with Crippen molar-refractivity contribution < 1.29 is 14.6 Å². The molecule has 2 aliphatic rings. The molecule has 0 aromatic rings. The minimum absolute atomic E-state index is 0.00782. The van der Waals surface area contributed by atoms with Gasteiger partial charge in [0, 0.05) is 13.1 Å². The number of amides is 1. The fraction of sp³-hybridized carbons (Fsp3) is 0.917. The molecule has 0 aliphatic carbocycles. The predicted octanol–water partition coefficient (Wildman–Crippen LogP) is -0.263. The number of nitrogens with one attached hydrogen (secondary N) is 1. The summed E-state index contributed by atoms with van der Waals surface area (Å²) in [5.74, 6) is 0.165. The predicted molar refractivity (Wildman–Crippen MR) is 63.6 cm³/mol. The summed E-state index contributed by atoms with van der Waals surface area (Å²) in [6.07, 6.45) is 2.98. The molecule has 0 saturated carbocycles. The second-order valence-corrected chi connectivity index (χ2v) is 5.00. The quantitative estimate of drug-likeness (QED) is 0.700.